The summed E-state index contributed by atoms with van der Waals surface area (Å²) in [6, 6.07) is 15.1. The maximum absolute atomic E-state index is 11.9. The molecule has 0 atom stereocenters. The summed E-state index contributed by atoms with van der Waals surface area (Å²) in [7, 11) is 0. The molecule has 2 aromatic carbocycles. The Kier molecular flexibility index (Phi) is 7.19. The molecule has 1 saturated heterocycles. The molecule has 7 heteroatoms. The van der Waals surface area contributed by atoms with Crippen LogP contribution in [0.4, 0.5) is 5.69 Å². The Morgan fingerprint density at radius 2 is 1.97 bits per heavy atom. The van der Waals surface area contributed by atoms with Crippen LogP contribution in [0.25, 0.3) is 0 Å². The molecule has 0 bridgehead atoms. The zero-order valence-electron chi connectivity index (χ0n) is 16.4. The number of amides is 1. The van der Waals surface area contributed by atoms with Crippen molar-refractivity contribution in [3.8, 4) is 0 Å². The monoisotopic (exact) mass is 411 g/mol. The van der Waals surface area contributed by atoms with E-state index in [4.69, 9.17) is 17.0 Å². The first-order valence-corrected chi connectivity index (χ1v) is 10.1. The summed E-state index contributed by atoms with van der Waals surface area (Å²) in [6.45, 7) is 4.09. The van der Waals surface area contributed by atoms with Crippen molar-refractivity contribution in [2.75, 3.05) is 18.5 Å². The number of anilines is 1. The molecular weight excluding hydrogens is 386 g/mol. The summed E-state index contributed by atoms with van der Waals surface area (Å²) in [6.07, 6.45) is 1.57. The van der Waals surface area contributed by atoms with Gasteiger partial charge in [0.05, 0.1) is 12.2 Å². The predicted molar refractivity (Wildman–Crippen MR) is 117 cm³/mol. The lowest BCUT2D eigenvalue weighted by molar-refractivity contribution is -0.128. The van der Waals surface area contributed by atoms with E-state index >= 15 is 0 Å². The first-order chi connectivity index (χ1) is 14.1. The molecule has 0 radical (unpaired) electrons. The second-order valence-corrected chi connectivity index (χ2v) is 7.20. The molecule has 1 heterocycles. The molecule has 1 amide bonds. The van der Waals surface area contributed by atoms with E-state index in [1.165, 1.54) is 0 Å². The van der Waals surface area contributed by atoms with Crippen molar-refractivity contribution >= 4 is 34.9 Å². The standard InChI is InChI=1S/C22H25N3O3S/c1-2-28-21(27)16-9-5-10-19(13-16)24-22(29)23-14-17-7-3-4-8-18(17)15-25-12-6-11-20(25)26/h3-5,7-10,13H,2,6,11-12,14-15H2,1H3,(H2,23,24,29). The summed E-state index contributed by atoms with van der Waals surface area (Å²) in [5, 5.41) is 6.75. The number of likely N-dealkylation sites (tertiary alicyclic amines) is 1. The Labute approximate surface area is 176 Å². The van der Waals surface area contributed by atoms with Gasteiger partial charge >= 0.3 is 5.97 Å². The van der Waals surface area contributed by atoms with Crippen LogP contribution in [-0.2, 0) is 22.6 Å². The summed E-state index contributed by atoms with van der Waals surface area (Å²) in [5.41, 5.74) is 3.39. The van der Waals surface area contributed by atoms with E-state index in [1.54, 1.807) is 25.1 Å². The summed E-state index contributed by atoms with van der Waals surface area (Å²) >= 11 is 5.40. The number of hydrogen-bond acceptors (Lipinski definition) is 4. The number of rotatable bonds is 7. The molecule has 2 aromatic rings. The molecule has 1 aliphatic rings. The normalized spacial score (nSPS) is 13.3. The molecule has 1 fully saturated rings. The Morgan fingerprint density at radius 3 is 2.69 bits per heavy atom. The number of hydrogen-bond donors (Lipinski definition) is 2. The van der Waals surface area contributed by atoms with Gasteiger partial charge in [0.15, 0.2) is 5.11 Å². The molecule has 0 unspecified atom stereocenters. The van der Waals surface area contributed by atoms with E-state index in [9.17, 15) is 9.59 Å². The average Bonchev–Trinajstić information content (AvgIpc) is 3.12. The fourth-order valence-electron chi connectivity index (χ4n) is 3.25. The van der Waals surface area contributed by atoms with Crippen LogP contribution in [0.5, 0.6) is 0 Å². The largest absolute Gasteiger partial charge is 0.462 e. The van der Waals surface area contributed by atoms with Crippen molar-refractivity contribution in [2.45, 2.75) is 32.9 Å². The number of esters is 1. The van der Waals surface area contributed by atoms with Crippen LogP contribution >= 0.6 is 12.2 Å². The number of nitrogens with zero attached hydrogens (tertiary/aromatic N) is 1. The molecule has 152 valence electrons. The second-order valence-electron chi connectivity index (χ2n) is 6.80. The van der Waals surface area contributed by atoms with Crippen molar-refractivity contribution in [3.05, 3.63) is 65.2 Å². The Hall–Kier alpha value is -2.93. The van der Waals surface area contributed by atoms with Crippen LogP contribution < -0.4 is 10.6 Å². The Bertz CT molecular complexity index is 900. The summed E-state index contributed by atoms with van der Waals surface area (Å²) in [5.74, 6) is -0.146. The highest BCUT2D eigenvalue weighted by Crippen LogP contribution is 2.17. The van der Waals surface area contributed by atoms with Crippen LogP contribution in [0.1, 0.15) is 41.3 Å². The van der Waals surface area contributed by atoms with Crippen molar-refractivity contribution in [1.29, 1.82) is 0 Å². The van der Waals surface area contributed by atoms with Crippen molar-refractivity contribution in [1.82, 2.24) is 10.2 Å². The number of ether oxygens (including phenoxy) is 1. The topological polar surface area (TPSA) is 70.7 Å². The highest BCUT2D eigenvalue weighted by Gasteiger charge is 2.20. The number of benzene rings is 2. The van der Waals surface area contributed by atoms with E-state index in [0.717, 1.165) is 24.1 Å². The predicted octanol–water partition coefficient (Wildman–Crippen LogP) is 3.47. The number of carbonyl (C=O) groups is 2. The van der Waals surface area contributed by atoms with E-state index in [0.29, 0.717) is 42.5 Å². The molecule has 2 N–H and O–H groups in total. The third kappa shape index (κ3) is 5.77. The third-order valence-electron chi connectivity index (χ3n) is 4.72. The summed E-state index contributed by atoms with van der Waals surface area (Å²) in [4.78, 5) is 25.7. The summed E-state index contributed by atoms with van der Waals surface area (Å²) < 4.78 is 5.03. The Morgan fingerprint density at radius 1 is 1.17 bits per heavy atom. The van der Waals surface area contributed by atoms with Gasteiger partial charge in [-0.1, -0.05) is 30.3 Å². The van der Waals surface area contributed by atoms with Gasteiger partial charge in [-0.15, -0.1) is 0 Å². The van der Waals surface area contributed by atoms with Gasteiger partial charge < -0.3 is 20.3 Å². The SMILES string of the molecule is CCOC(=O)c1cccc(NC(=S)NCc2ccccc2CN2CCCC2=O)c1. The van der Waals surface area contributed by atoms with Crippen molar-refractivity contribution < 1.29 is 14.3 Å². The molecule has 0 spiro atoms. The lowest BCUT2D eigenvalue weighted by Crippen LogP contribution is -2.29. The molecular formula is C22H25N3O3S. The van der Waals surface area contributed by atoms with Crippen LogP contribution in [0, 0.1) is 0 Å². The fraction of sp³-hybridized carbons (Fsp3) is 0.318. The van der Waals surface area contributed by atoms with Crippen molar-refractivity contribution in [2.24, 2.45) is 0 Å². The number of nitrogens with one attached hydrogen (secondary N) is 2. The zero-order valence-corrected chi connectivity index (χ0v) is 17.3. The van der Waals surface area contributed by atoms with E-state index in [2.05, 4.69) is 10.6 Å². The van der Waals surface area contributed by atoms with Gasteiger partial charge in [-0.3, -0.25) is 4.79 Å². The van der Waals surface area contributed by atoms with Crippen LogP contribution in [0.3, 0.4) is 0 Å². The van der Waals surface area contributed by atoms with Gasteiger partial charge in [0, 0.05) is 31.7 Å². The fourth-order valence-corrected chi connectivity index (χ4v) is 3.44. The minimum Gasteiger partial charge on any atom is -0.462 e. The van der Waals surface area contributed by atoms with Gasteiger partial charge in [0.25, 0.3) is 0 Å². The van der Waals surface area contributed by atoms with Gasteiger partial charge in [0.2, 0.25) is 5.91 Å². The zero-order chi connectivity index (χ0) is 20.6. The van der Waals surface area contributed by atoms with E-state index in [1.807, 2.05) is 35.2 Å². The molecule has 0 aliphatic carbocycles. The lowest BCUT2D eigenvalue weighted by atomic mass is 10.1. The lowest BCUT2D eigenvalue weighted by Gasteiger charge is -2.19. The van der Waals surface area contributed by atoms with E-state index in [-0.39, 0.29) is 11.9 Å². The first-order valence-electron chi connectivity index (χ1n) is 9.73. The Balaban J connectivity index is 1.58. The van der Waals surface area contributed by atoms with Gasteiger partial charge in [-0.05, 0) is 54.9 Å². The second kappa shape index (κ2) is 10.0. The van der Waals surface area contributed by atoms with Crippen LogP contribution in [0.15, 0.2) is 48.5 Å². The van der Waals surface area contributed by atoms with Crippen molar-refractivity contribution in [3.63, 3.8) is 0 Å². The highest BCUT2D eigenvalue weighted by molar-refractivity contribution is 7.80. The highest BCUT2D eigenvalue weighted by atomic mass is 32.1. The van der Waals surface area contributed by atoms with Crippen LogP contribution in [-0.4, -0.2) is 35.0 Å². The first kappa shape index (κ1) is 20.8. The molecule has 29 heavy (non-hydrogen) atoms. The van der Waals surface area contributed by atoms with Gasteiger partial charge in [-0.2, -0.15) is 0 Å². The minimum absolute atomic E-state index is 0.214. The number of thiocarbonyl (C=S) groups is 1. The molecule has 3 rings (SSSR count). The minimum atomic E-state index is -0.361. The molecule has 1 aliphatic heterocycles. The van der Waals surface area contributed by atoms with Gasteiger partial charge in [-0.25, -0.2) is 4.79 Å². The quantitative estimate of drug-likeness (QED) is 0.537. The average molecular weight is 412 g/mol. The third-order valence-corrected chi connectivity index (χ3v) is 4.97. The molecule has 0 aromatic heterocycles. The van der Waals surface area contributed by atoms with Gasteiger partial charge in [0.1, 0.15) is 0 Å². The van der Waals surface area contributed by atoms with E-state index < -0.39 is 0 Å². The maximum atomic E-state index is 11.9. The maximum Gasteiger partial charge on any atom is 0.338 e. The molecule has 6 nitrogen and oxygen atoms in total. The van der Waals surface area contributed by atoms with Crippen LogP contribution in [0.2, 0.25) is 0 Å². The smallest absolute Gasteiger partial charge is 0.338 e. The number of carbonyl (C=O) groups excluding carboxylic acids is 2. The molecule has 0 saturated carbocycles.